The van der Waals surface area contributed by atoms with Gasteiger partial charge in [0.05, 0.1) is 12.1 Å². The zero-order chi connectivity index (χ0) is 14.5. The van der Waals surface area contributed by atoms with Crippen LogP contribution in [-0.4, -0.2) is 41.7 Å². The zero-order valence-corrected chi connectivity index (χ0v) is 12.3. The van der Waals surface area contributed by atoms with E-state index in [9.17, 15) is 4.79 Å². The highest BCUT2D eigenvalue weighted by Crippen LogP contribution is 2.17. The second-order valence-corrected chi connectivity index (χ2v) is 5.79. The Kier molecular flexibility index (Phi) is 5.20. The summed E-state index contributed by atoms with van der Waals surface area (Å²) < 4.78 is 5.24. The number of likely N-dealkylation sites (tertiary alicyclic amines) is 1. The van der Waals surface area contributed by atoms with Crippen LogP contribution in [0.5, 0.6) is 0 Å². The van der Waals surface area contributed by atoms with E-state index in [-0.39, 0.29) is 5.56 Å². The molecule has 1 aromatic heterocycles. The molecule has 2 rings (SSSR count). The monoisotopic (exact) mass is 280 g/mol. The molecule has 1 aromatic rings. The summed E-state index contributed by atoms with van der Waals surface area (Å²) in [6.07, 6.45) is 3.88. The van der Waals surface area contributed by atoms with E-state index in [1.165, 1.54) is 32.2 Å². The average Bonchev–Trinajstić information content (AvgIpc) is 3.05. The summed E-state index contributed by atoms with van der Waals surface area (Å²) in [5, 5.41) is 12.2. The SMILES string of the molecule is CC(C)C(CNCc1cc(C(=O)O)co1)N1CCCC1. The van der Waals surface area contributed by atoms with Gasteiger partial charge in [-0.05, 0) is 37.9 Å². The van der Waals surface area contributed by atoms with E-state index in [0.29, 0.717) is 24.3 Å². The van der Waals surface area contributed by atoms with Crippen molar-refractivity contribution in [2.45, 2.75) is 39.3 Å². The second kappa shape index (κ2) is 6.90. The molecule has 2 heterocycles. The van der Waals surface area contributed by atoms with Gasteiger partial charge < -0.3 is 14.8 Å². The Morgan fingerprint density at radius 2 is 2.15 bits per heavy atom. The van der Waals surface area contributed by atoms with Gasteiger partial charge >= 0.3 is 5.97 Å². The van der Waals surface area contributed by atoms with Crippen LogP contribution >= 0.6 is 0 Å². The smallest absolute Gasteiger partial charge is 0.338 e. The van der Waals surface area contributed by atoms with E-state index < -0.39 is 5.97 Å². The number of furan rings is 1. The minimum atomic E-state index is -0.947. The highest BCUT2D eigenvalue weighted by molar-refractivity contribution is 5.87. The molecule has 0 aromatic carbocycles. The van der Waals surface area contributed by atoms with Gasteiger partial charge in [0.2, 0.25) is 0 Å². The van der Waals surface area contributed by atoms with Crippen molar-refractivity contribution in [2.24, 2.45) is 5.92 Å². The average molecular weight is 280 g/mol. The first-order chi connectivity index (χ1) is 9.58. The predicted octanol–water partition coefficient (Wildman–Crippen LogP) is 2.19. The fourth-order valence-electron chi connectivity index (χ4n) is 2.79. The van der Waals surface area contributed by atoms with E-state index in [4.69, 9.17) is 9.52 Å². The van der Waals surface area contributed by atoms with Crippen molar-refractivity contribution in [1.82, 2.24) is 10.2 Å². The summed E-state index contributed by atoms with van der Waals surface area (Å²) in [6.45, 7) is 8.36. The number of aromatic carboxylic acids is 1. The fourth-order valence-corrected chi connectivity index (χ4v) is 2.79. The predicted molar refractivity (Wildman–Crippen MR) is 76.8 cm³/mol. The van der Waals surface area contributed by atoms with Crippen LogP contribution in [0.4, 0.5) is 0 Å². The van der Waals surface area contributed by atoms with E-state index in [1.807, 2.05) is 0 Å². The van der Waals surface area contributed by atoms with Crippen molar-refractivity contribution >= 4 is 5.97 Å². The van der Waals surface area contributed by atoms with E-state index >= 15 is 0 Å². The number of carboxylic acid groups (broad SMARTS) is 1. The normalized spacial score (nSPS) is 17.8. The molecule has 0 spiro atoms. The Morgan fingerprint density at radius 3 is 2.70 bits per heavy atom. The minimum Gasteiger partial charge on any atom is -0.478 e. The first kappa shape index (κ1) is 15.1. The van der Waals surface area contributed by atoms with Crippen molar-refractivity contribution < 1.29 is 14.3 Å². The molecule has 0 aliphatic carbocycles. The first-order valence-corrected chi connectivity index (χ1v) is 7.33. The van der Waals surface area contributed by atoms with Gasteiger partial charge in [-0.2, -0.15) is 0 Å². The Bertz CT molecular complexity index is 436. The molecule has 1 aliphatic rings. The Labute approximate surface area is 119 Å². The van der Waals surface area contributed by atoms with Crippen LogP contribution in [0.2, 0.25) is 0 Å². The number of carbonyl (C=O) groups is 1. The lowest BCUT2D eigenvalue weighted by atomic mass is 10.0. The maximum absolute atomic E-state index is 10.8. The Morgan fingerprint density at radius 1 is 1.45 bits per heavy atom. The summed E-state index contributed by atoms with van der Waals surface area (Å²) in [6, 6.07) is 2.11. The van der Waals surface area contributed by atoms with E-state index in [2.05, 4.69) is 24.1 Å². The van der Waals surface area contributed by atoms with Gasteiger partial charge in [-0.25, -0.2) is 4.79 Å². The molecule has 0 bridgehead atoms. The number of hydrogen-bond donors (Lipinski definition) is 2. The van der Waals surface area contributed by atoms with Gasteiger partial charge in [0.1, 0.15) is 12.0 Å². The fraction of sp³-hybridized carbons (Fsp3) is 0.667. The minimum absolute atomic E-state index is 0.210. The maximum Gasteiger partial charge on any atom is 0.338 e. The van der Waals surface area contributed by atoms with Crippen LogP contribution in [0.25, 0.3) is 0 Å². The molecule has 1 atom stereocenters. The number of hydrogen-bond acceptors (Lipinski definition) is 4. The highest BCUT2D eigenvalue weighted by Gasteiger charge is 2.24. The van der Waals surface area contributed by atoms with E-state index in [0.717, 1.165) is 6.54 Å². The molecule has 1 saturated heterocycles. The number of rotatable bonds is 7. The molecule has 0 saturated carbocycles. The molecule has 1 aliphatic heterocycles. The summed E-state index contributed by atoms with van der Waals surface area (Å²) >= 11 is 0. The summed E-state index contributed by atoms with van der Waals surface area (Å²) in [5.41, 5.74) is 0.210. The van der Waals surface area contributed by atoms with Gasteiger partial charge in [-0.1, -0.05) is 13.8 Å². The van der Waals surface area contributed by atoms with Crippen LogP contribution in [0.3, 0.4) is 0 Å². The van der Waals surface area contributed by atoms with Crippen LogP contribution in [0, 0.1) is 5.92 Å². The van der Waals surface area contributed by atoms with Crippen LogP contribution < -0.4 is 5.32 Å². The number of nitrogens with zero attached hydrogens (tertiary/aromatic N) is 1. The van der Waals surface area contributed by atoms with Crippen molar-refractivity contribution in [3.63, 3.8) is 0 Å². The third kappa shape index (κ3) is 3.84. The molecule has 5 heteroatoms. The quantitative estimate of drug-likeness (QED) is 0.801. The van der Waals surface area contributed by atoms with Crippen LogP contribution in [0.1, 0.15) is 42.8 Å². The standard InChI is InChI=1S/C15H24N2O3/c1-11(2)14(17-5-3-4-6-17)9-16-8-13-7-12(10-20-13)15(18)19/h7,10-11,14,16H,3-6,8-9H2,1-2H3,(H,18,19). The Balaban J connectivity index is 1.81. The Hall–Kier alpha value is -1.33. The molecular formula is C15H24N2O3. The molecular weight excluding hydrogens is 256 g/mol. The molecule has 0 amide bonds. The molecule has 2 N–H and O–H groups in total. The molecule has 112 valence electrons. The number of carboxylic acids is 1. The molecule has 1 unspecified atom stereocenters. The van der Waals surface area contributed by atoms with Crippen molar-refractivity contribution in [3.8, 4) is 0 Å². The zero-order valence-electron chi connectivity index (χ0n) is 12.3. The van der Waals surface area contributed by atoms with Crippen molar-refractivity contribution in [1.29, 1.82) is 0 Å². The molecule has 5 nitrogen and oxygen atoms in total. The summed E-state index contributed by atoms with van der Waals surface area (Å²) in [4.78, 5) is 13.3. The third-order valence-electron chi connectivity index (χ3n) is 3.93. The van der Waals surface area contributed by atoms with Crippen molar-refractivity contribution in [2.75, 3.05) is 19.6 Å². The maximum atomic E-state index is 10.8. The lowest BCUT2D eigenvalue weighted by Gasteiger charge is -2.31. The van der Waals surface area contributed by atoms with Crippen molar-refractivity contribution in [3.05, 3.63) is 23.7 Å². The molecule has 0 radical (unpaired) electrons. The largest absolute Gasteiger partial charge is 0.478 e. The third-order valence-corrected chi connectivity index (χ3v) is 3.93. The summed E-state index contributed by atoms with van der Waals surface area (Å²) in [7, 11) is 0. The van der Waals surface area contributed by atoms with E-state index in [1.54, 1.807) is 6.07 Å². The first-order valence-electron chi connectivity index (χ1n) is 7.33. The highest BCUT2D eigenvalue weighted by atomic mass is 16.4. The molecule has 20 heavy (non-hydrogen) atoms. The molecule has 1 fully saturated rings. The van der Waals surface area contributed by atoms with Gasteiger partial charge in [0, 0.05) is 12.6 Å². The lowest BCUT2D eigenvalue weighted by Crippen LogP contribution is -2.44. The van der Waals surface area contributed by atoms with Gasteiger partial charge in [0.15, 0.2) is 0 Å². The van der Waals surface area contributed by atoms with Gasteiger partial charge in [0.25, 0.3) is 0 Å². The van der Waals surface area contributed by atoms with Gasteiger partial charge in [-0.3, -0.25) is 4.90 Å². The van der Waals surface area contributed by atoms with Crippen LogP contribution in [-0.2, 0) is 6.54 Å². The lowest BCUT2D eigenvalue weighted by molar-refractivity contribution is 0.0696. The topological polar surface area (TPSA) is 65.7 Å². The second-order valence-electron chi connectivity index (χ2n) is 5.79. The number of nitrogens with one attached hydrogen (secondary N) is 1. The van der Waals surface area contributed by atoms with Crippen LogP contribution in [0.15, 0.2) is 16.7 Å². The summed E-state index contributed by atoms with van der Waals surface area (Å²) in [5.74, 6) is 0.329. The van der Waals surface area contributed by atoms with Gasteiger partial charge in [-0.15, -0.1) is 0 Å².